The van der Waals surface area contributed by atoms with Crippen molar-refractivity contribution in [2.45, 2.75) is 6.61 Å². The van der Waals surface area contributed by atoms with E-state index in [4.69, 9.17) is 32.7 Å². The van der Waals surface area contributed by atoms with E-state index in [0.29, 0.717) is 38.5 Å². The molecule has 0 spiro atoms. The molecule has 1 aliphatic rings. The lowest BCUT2D eigenvalue weighted by atomic mass is 10.1. The van der Waals surface area contributed by atoms with E-state index in [0.717, 1.165) is 5.56 Å². The van der Waals surface area contributed by atoms with Crippen LogP contribution in [0.3, 0.4) is 0 Å². The number of benzene rings is 3. The van der Waals surface area contributed by atoms with Crippen molar-refractivity contribution in [1.82, 2.24) is 0 Å². The average Bonchev–Trinajstić information content (AvgIpc) is 2.73. The standard InChI is InChI=1S/C22H16Cl2N2O4/c23-14-6-5-13(17(24)9-14)11-29-19-4-2-1-3-16(19)22(28)25-15-7-8-20-18(10-15)26-21(27)12-30-20/h1-10H,11-12H2,(H,25,28)(H,26,27). The summed E-state index contributed by atoms with van der Waals surface area (Å²) in [5, 5.41) is 6.55. The van der Waals surface area contributed by atoms with Gasteiger partial charge in [0.15, 0.2) is 6.61 Å². The summed E-state index contributed by atoms with van der Waals surface area (Å²) in [6.07, 6.45) is 0. The van der Waals surface area contributed by atoms with Crippen LogP contribution in [0.5, 0.6) is 11.5 Å². The van der Waals surface area contributed by atoms with E-state index in [9.17, 15) is 9.59 Å². The fraction of sp³-hybridized carbons (Fsp3) is 0.0909. The van der Waals surface area contributed by atoms with Gasteiger partial charge in [0.25, 0.3) is 11.8 Å². The Hall–Kier alpha value is -3.22. The predicted octanol–water partition coefficient (Wildman–Crippen LogP) is 5.16. The third kappa shape index (κ3) is 4.50. The smallest absolute Gasteiger partial charge is 0.262 e. The zero-order chi connectivity index (χ0) is 21.1. The number of nitrogens with one attached hydrogen (secondary N) is 2. The lowest BCUT2D eigenvalue weighted by Crippen LogP contribution is -2.25. The van der Waals surface area contributed by atoms with E-state index in [1.807, 2.05) is 0 Å². The third-order valence-corrected chi connectivity index (χ3v) is 4.99. The van der Waals surface area contributed by atoms with Gasteiger partial charge in [0, 0.05) is 21.3 Å². The Balaban J connectivity index is 1.50. The molecular weight excluding hydrogens is 427 g/mol. The van der Waals surface area contributed by atoms with Crippen molar-refractivity contribution in [3.05, 3.63) is 81.8 Å². The first kappa shape index (κ1) is 20.1. The Morgan fingerprint density at radius 1 is 1.10 bits per heavy atom. The minimum absolute atomic E-state index is 0.0267. The van der Waals surface area contributed by atoms with Crippen LogP contribution in [0.25, 0.3) is 0 Å². The summed E-state index contributed by atoms with van der Waals surface area (Å²) in [6, 6.07) is 17.1. The second-order valence-electron chi connectivity index (χ2n) is 6.52. The van der Waals surface area contributed by atoms with Crippen LogP contribution in [-0.2, 0) is 11.4 Å². The second kappa shape index (κ2) is 8.65. The SMILES string of the molecule is O=C1COc2ccc(NC(=O)c3ccccc3OCc3ccc(Cl)cc3Cl)cc2N1. The van der Waals surface area contributed by atoms with Crippen molar-refractivity contribution in [3.8, 4) is 11.5 Å². The number of ether oxygens (including phenoxy) is 2. The Kier molecular flexibility index (Phi) is 5.79. The highest BCUT2D eigenvalue weighted by Gasteiger charge is 2.18. The molecule has 0 radical (unpaired) electrons. The summed E-state index contributed by atoms with van der Waals surface area (Å²) < 4.78 is 11.2. The molecule has 0 saturated heterocycles. The number of carbonyl (C=O) groups excluding carboxylic acids is 2. The van der Waals surface area contributed by atoms with Crippen LogP contribution in [0.4, 0.5) is 11.4 Å². The van der Waals surface area contributed by atoms with Crippen molar-refractivity contribution in [3.63, 3.8) is 0 Å². The van der Waals surface area contributed by atoms with Crippen molar-refractivity contribution in [2.75, 3.05) is 17.2 Å². The van der Waals surface area contributed by atoms with Gasteiger partial charge in [-0.2, -0.15) is 0 Å². The van der Waals surface area contributed by atoms with Gasteiger partial charge in [0.1, 0.15) is 18.1 Å². The Morgan fingerprint density at radius 3 is 2.77 bits per heavy atom. The summed E-state index contributed by atoms with van der Waals surface area (Å²) >= 11 is 12.1. The summed E-state index contributed by atoms with van der Waals surface area (Å²) in [4.78, 5) is 24.3. The zero-order valence-corrected chi connectivity index (χ0v) is 17.1. The molecular formula is C22H16Cl2N2O4. The molecule has 0 unspecified atom stereocenters. The maximum absolute atomic E-state index is 12.8. The Morgan fingerprint density at radius 2 is 1.93 bits per heavy atom. The van der Waals surface area contributed by atoms with Crippen molar-refractivity contribution in [2.24, 2.45) is 0 Å². The maximum atomic E-state index is 12.8. The van der Waals surface area contributed by atoms with E-state index in [-0.39, 0.29) is 25.0 Å². The Labute approximate surface area is 182 Å². The monoisotopic (exact) mass is 442 g/mol. The zero-order valence-electron chi connectivity index (χ0n) is 15.6. The molecule has 2 N–H and O–H groups in total. The van der Waals surface area contributed by atoms with Crippen LogP contribution in [0.15, 0.2) is 60.7 Å². The molecule has 0 bridgehead atoms. The highest BCUT2D eigenvalue weighted by molar-refractivity contribution is 6.35. The van der Waals surface area contributed by atoms with Gasteiger partial charge < -0.3 is 20.1 Å². The predicted molar refractivity (Wildman–Crippen MR) is 116 cm³/mol. The number of hydrogen-bond acceptors (Lipinski definition) is 4. The molecule has 1 heterocycles. The number of hydrogen-bond donors (Lipinski definition) is 2. The lowest BCUT2D eigenvalue weighted by molar-refractivity contribution is -0.118. The number of anilines is 2. The molecule has 3 aromatic carbocycles. The summed E-state index contributed by atoms with van der Waals surface area (Å²) in [5.41, 5.74) is 2.13. The van der Waals surface area contributed by atoms with Crippen molar-refractivity contribution in [1.29, 1.82) is 0 Å². The molecule has 0 saturated carbocycles. The van der Waals surface area contributed by atoms with E-state index in [2.05, 4.69) is 10.6 Å². The van der Waals surface area contributed by atoms with Gasteiger partial charge in [0.05, 0.1) is 11.3 Å². The van der Waals surface area contributed by atoms with Crippen LogP contribution >= 0.6 is 23.2 Å². The fourth-order valence-electron chi connectivity index (χ4n) is 2.93. The van der Waals surface area contributed by atoms with Gasteiger partial charge in [0.2, 0.25) is 0 Å². The molecule has 0 aliphatic carbocycles. The Bertz CT molecular complexity index is 1130. The van der Waals surface area contributed by atoms with Gasteiger partial charge >= 0.3 is 0 Å². The number of carbonyl (C=O) groups is 2. The van der Waals surface area contributed by atoms with Gasteiger partial charge in [-0.3, -0.25) is 9.59 Å². The average molecular weight is 443 g/mol. The van der Waals surface area contributed by atoms with Crippen LogP contribution < -0.4 is 20.1 Å². The van der Waals surface area contributed by atoms with Gasteiger partial charge in [-0.1, -0.05) is 41.4 Å². The first-order valence-corrected chi connectivity index (χ1v) is 9.79. The van der Waals surface area contributed by atoms with Gasteiger partial charge in [-0.05, 0) is 42.5 Å². The number of para-hydroxylation sites is 1. The molecule has 30 heavy (non-hydrogen) atoms. The normalized spacial score (nSPS) is 12.4. The van der Waals surface area contributed by atoms with Crippen LogP contribution in [-0.4, -0.2) is 18.4 Å². The van der Waals surface area contributed by atoms with Crippen LogP contribution in [0, 0.1) is 0 Å². The van der Waals surface area contributed by atoms with Gasteiger partial charge in [-0.25, -0.2) is 0 Å². The quantitative estimate of drug-likeness (QED) is 0.572. The molecule has 2 amide bonds. The number of rotatable bonds is 5. The molecule has 0 fully saturated rings. The summed E-state index contributed by atoms with van der Waals surface area (Å²) in [6.45, 7) is 0.156. The van der Waals surface area contributed by atoms with Crippen LogP contribution in [0.1, 0.15) is 15.9 Å². The minimum atomic E-state index is -0.351. The van der Waals surface area contributed by atoms with Gasteiger partial charge in [-0.15, -0.1) is 0 Å². The fourth-order valence-corrected chi connectivity index (χ4v) is 3.40. The van der Waals surface area contributed by atoms with E-state index in [1.165, 1.54) is 0 Å². The number of fused-ring (bicyclic) bond motifs is 1. The van der Waals surface area contributed by atoms with E-state index < -0.39 is 0 Å². The lowest BCUT2D eigenvalue weighted by Gasteiger charge is -2.19. The van der Waals surface area contributed by atoms with Crippen molar-refractivity contribution >= 4 is 46.4 Å². The minimum Gasteiger partial charge on any atom is -0.488 e. The molecule has 0 atom stereocenters. The summed E-state index contributed by atoms with van der Waals surface area (Å²) in [7, 11) is 0. The largest absolute Gasteiger partial charge is 0.488 e. The maximum Gasteiger partial charge on any atom is 0.262 e. The third-order valence-electron chi connectivity index (χ3n) is 4.40. The molecule has 6 nitrogen and oxygen atoms in total. The molecule has 3 aromatic rings. The topological polar surface area (TPSA) is 76.7 Å². The second-order valence-corrected chi connectivity index (χ2v) is 7.37. The first-order chi connectivity index (χ1) is 14.5. The molecule has 4 rings (SSSR count). The summed E-state index contributed by atoms with van der Waals surface area (Å²) in [5.74, 6) is 0.369. The van der Waals surface area contributed by atoms with E-state index in [1.54, 1.807) is 60.7 Å². The number of amides is 2. The highest BCUT2D eigenvalue weighted by atomic mass is 35.5. The van der Waals surface area contributed by atoms with E-state index >= 15 is 0 Å². The van der Waals surface area contributed by atoms with Crippen LogP contribution in [0.2, 0.25) is 10.0 Å². The first-order valence-electron chi connectivity index (χ1n) is 9.03. The molecule has 152 valence electrons. The van der Waals surface area contributed by atoms with Crippen molar-refractivity contribution < 1.29 is 19.1 Å². The molecule has 8 heteroatoms. The highest BCUT2D eigenvalue weighted by Crippen LogP contribution is 2.31. The molecule has 1 aliphatic heterocycles. The molecule has 0 aromatic heterocycles. The number of halogens is 2.